The molecule has 1 aliphatic carbocycles. The van der Waals surface area contributed by atoms with Gasteiger partial charge in [0.25, 0.3) is 0 Å². The Labute approximate surface area is 159 Å². The van der Waals surface area contributed by atoms with Gasteiger partial charge in [0.2, 0.25) is 11.8 Å². The number of benzene rings is 1. The molecular formula is C20H28N2O3S. The average Bonchev–Trinajstić information content (AvgIpc) is 3.33. The fourth-order valence-corrected chi connectivity index (χ4v) is 4.88. The van der Waals surface area contributed by atoms with Crippen LogP contribution in [0.15, 0.2) is 24.3 Å². The van der Waals surface area contributed by atoms with E-state index in [0.717, 1.165) is 37.0 Å². The molecule has 1 heterocycles. The molecule has 1 aromatic carbocycles. The highest BCUT2D eigenvalue weighted by molar-refractivity contribution is 7.99. The van der Waals surface area contributed by atoms with E-state index >= 15 is 0 Å². The number of thioether (sulfide) groups is 1. The molecule has 1 saturated carbocycles. The molecule has 2 atom stereocenters. The quantitative estimate of drug-likeness (QED) is 0.827. The molecule has 1 saturated heterocycles. The second-order valence-electron chi connectivity index (χ2n) is 7.04. The standard InChI is InChI=1S/C20H28N2O3S/c1-3-25-17-10-6-9-16(11-17)14(2)21-19(23)18-12-26-13-22(18)20(24)15-7-4-5-8-15/h6,9-11,14-15,18H,3-5,7-8,12-13H2,1-2H3,(H,21,23). The van der Waals surface area contributed by atoms with Gasteiger partial charge < -0.3 is 15.0 Å². The first-order valence-electron chi connectivity index (χ1n) is 9.51. The van der Waals surface area contributed by atoms with Crippen LogP contribution in [0.1, 0.15) is 51.1 Å². The van der Waals surface area contributed by atoms with Gasteiger partial charge in [-0.2, -0.15) is 0 Å². The van der Waals surface area contributed by atoms with E-state index < -0.39 is 0 Å². The van der Waals surface area contributed by atoms with Crippen molar-refractivity contribution >= 4 is 23.6 Å². The van der Waals surface area contributed by atoms with Crippen LogP contribution in [0.5, 0.6) is 5.75 Å². The molecule has 2 unspecified atom stereocenters. The van der Waals surface area contributed by atoms with Crippen LogP contribution < -0.4 is 10.1 Å². The minimum atomic E-state index is -0.356. The van der Waals surface area contributed by atoms with Gasteiger partial charge in [0.15, 0.2) is 0 Å². The lowest BCUT2D eigenvalue weighted by Crippen LogP contribution is -2.49. The number of hydrogen-bond acceptors (Lipinski definition) is 4. The van der Waals surface area contributed by atoms with Crippen molar-refractivity contribution in [3.63, 3.8) is 0 Å². The van der Waals surface area contributed by atoms with E-state index in [-0.39, 0.29) is 29.8 Å². The number of rotatable bonds is 6. The lowest BCUT2D eigenvalue weighted by molar-refractivity contribution is -0.141. The van der Waals surface area contributed by atoms with Gasteiger partial charge in [0.1, 0.15) is 11.8 Å². The fourth-order valence-electron chi connectivity index (χ4n) is 3.72. The molecule has 2 aliphatic rings. The van der Waals surface area contributed by atoms with E-state index in [0.29, 0.717) is 18.2 Å². The van der Waals surface area contributed by atoms with Gasteiger partial charge in [-0.05, 0) is 44.4 Å². The fraction of sp³-hybridized carbons (Fsp3) is 0.600. The first-order chi connectivity index (χ1) is 12.6. The van der Waals surface area contributed by atoms with Crippen molar-refractivity contribution in [1.82, 2.24) is 10.2 Å². The van der Waals surface area contributed by atoms with Gasteiger partial charge in [0, 0.05) is 11.7 Å². The molecule has 0 spiro atoms. The smallest absolute Gasteiger partial charge is 0.244 e. The van der Waals surface area contributed by atoms with E-state index in [1.54, 1.807) is 16.7 Å². The monoisotopic (exact) mass is 376 g/mol. The number of nitrogens with one attached hydrogen (secondary N) is 1. The topological polar surface area (TPSA) is 58.6 Å². The van der Waals surface area contributed by atoms with Crippen molar-refractivity contribution in [1.29, 1.82) is 0 Å². The number of ether oxygens (including phenoxy) is 1. The first kappa shape index (κ1) is 19.1. The highest BCUT2D eigenvalue weighted by Gasteiger charge is 2.38. The maximum absolute atomic E-state index is 12.8. The number of carbonyl (C=O) groups excluding carboxylic acids is 2. The lowest BCUT2D eigenvalue weighted by Gasteiger charge is -2.27. The van der Waals surface area contributed by atoms with Crippen LogP contribution in [0.4, 0.5) is 0 Å². The molecular weight excluding hydrogens is 348 g/mol. The Hall–Kier alpha value is -1.69. The summed E-state index contributed by atoms with van der Waals surface area (Å²) in [6.45, 7) is 4.53. The molecule has 142 valence electrons. The Bertz CT molecular complexity index is 646. The molecule has 1 aromatic rings. The molecule has 26 heavy (non-hydrogen) atoms. The van der Waals surface area contributed by atoms with Crippen LogP contribution in [0, 0.1) is 5.92 Å². The second kappa shape index (κ2) is 8.80. The molecule has 0 aromatic heterocycles. The summed E-state index contributed by atoms with van der Waals surface area (Å²) in [4.78, 5) is 27.4. The van der Waals surface area contributed by atoms with E-state index in [1.165, 1.54) is 0 Å². The minimum Gasteiger partial charge on any atom is -0.494 e. The Kier molecular flexibility index (Phi) is 6.46. The van der Waals surface area contributed by atoms with Gasteiger partial charge in [-0.1, -0.05) is 25.0 Å². The number of hydrogen-bond donors (Lipinski definition) is 1. The van der Waals surface area contributed by atoms with Gasteiger partial charge in [-0.25, -0.2) is 0 Å². The van der Waals surface area contributed by atoms with Crippen LogP contribution in [-0.2, 0) is 9.59 Å². The SMILES string of the molecule is CCOc1cccc(C(C)NC(=O)C2CSCN2C(=O)C2CCCC2)c1. The van der Waals surface area contributed by atoms with Gasteiger partial charge >= 0.3 is 0 Å². The summed E-state index contributed by atoms with van der Waals surface area (Å²) in [5.74, 6) is 2.33. The van der Waals surface area contributed by atoms with Crippen molar-refractivity contribution in [3.05, 3.63) is 29.8 Å². The first-order valence-corrected chi connectivity index (χ1v) is 10.7. The summed E-state index contributed by atoms with van der Waals surface area (Å²) < 4.78 is 5.54. The normalized spacial score (nSPS) is 21.6. The molecule has 1 aliphatic heterocycles. The van der Waals surface area contributed by atoms with Gasteiger partial charge in [-0.3, -0.25) is 9.59 Å². The zero-order valence-corrected chi connectivity index (χ0v) is 16.4. The number of amides is 2. The maximum Gasteiger partial charge on any atom is 0.244 e. The molecule has 3 rings (SSSR count). The highest BCUT2D eigenvalue weighted by atomic mass is 32.2. The molecule has 5 nitrogen and oxygen atoms in total. The average molecular weight is 377 g/mol. The van der Waals surface area contributed by atoms with Crippen molar-refractivity contribution in [2.24, 2.45) is 5.92 Å². The van der Waals surface area contributed by atoms with E-state index in [9.17, 15) is 9.59 Å². The zero-order chi connectivity index (χ0) is 18.5. The van der Waals surface area contributed by atoms with Gasteiger partial charge in [-0.15, -0.1) is 11.8 Å². The Morgan fingerprint density at radius 2 is 2.12 bits per heavy atom. The van der Waals surface area contributed by atoms with E-state index in [1.807, 2.05) is 38.1 Å². The zero-order valence-electron chi connectivity index (χ0n) is 15.6. The Morgan fingerprint density at radius 1 is 1.35 bits per heavy atom. The molecule has 6 heteroatoms. The van der Waals surface area contributed by atoms with Crippen molar-refractivity contribution in [3.8, 4) is 5.75 Å². The largest absolute Gasteiger partial charge is 0.494 e. The maximum atomic E-state index is 12.8. The summed E-state index contributed by atoms with van der Waals surface area (Å²) in [7, 11) is 0. The van der Waals surface area contributed by atoms with Crippen LogP contribution in [0.2, 0.25) is 0 Å². The number of nitrogens with zero attached hydrogens (tertiary/aromatic N) is 1. The summed E-state index contributed by atoms with van der Waals surface area (Å²) in [6.07, 6.45) is 4.19. The van der Waals surface area contributed by atoms with Crippen molar-refractivity contribution in [2.75, 3.05) is 18.2 Å². The van der Waals surface area contributed by atoms with Crippen LogP contribution in [0.25, 0.3) is 0 Å². The predicted octanol–water partition coefficient (Wildman–Crippen LogP) is 3.35. The third kappa shape index (κ3) is 4.34. The Morgan fingerprint density at radius 3 is 2.85 bits per heavy atom. The summed E-state index contributed by atoms with van der Waals surface area (Å²) in [5.41, 5.74) is 1.00. The van der Waals surface area contributed by atoms with Crippen molar-refractivity contribution < 1.29 is 14.3 Å². The summed E-state index contributed by atoms with van der Waals surface area (Å²) in [6, 6.07) is 7.31. The van der Waals surface area contributed by atoms with E-state index in [2.05, 4.69) is 5.32 Å². The molecule has 2 fully saturated rings. The van der Waals surface area contributed by atoms with E-state index in [4.69, 9.17) is 4.74 Å². The molecule has 0 radical (unpaired) electrons. The van der Waals surface area contributed by atoms with Crippen LogP contribution >= 0.6 is 11.8 Å². The summed E-state index contributed by atoms with van der Waals surface area (Å²) >= 11 is 1.66. The lowest BCUT2D eigenvalue weighted by atomic mass is 10.1. The Balaban J connectivity index is 1.62. The third-order valence-corrected chi connectivity index (χ3v) is 6.21. The third-order valence-electron chi connectivity index (χ3n) is 5.20. The van der Waals surface area contributed by atoms with Crippen LogP contribution in [0.3, 0.4) is 0 Å². The van der Waals surface area contributed by atoms with Crippen molar-refractivity contribution in [2.45, 2.75) is 51.6 Å². The molecule has 0 bridgehead atoms. The number of carbonyl (C=O) groups is 2. The van der Waals surface area contributed by atoms with Gasteiger partial charge in [0.05, 0.1) is 18.5 Å². The predicted molar refractivity (Wildman–Crippen MR) is 104 cm³/mol. The summed E-state index contributed by atoms with van der Waals surface area (Å²) in [5, 5.41) is 3.08. The highest BCUT2D eigenvalue weighted by Crippen LogP contribution is 2.31. The van der Waals surface area contributed by atoms with Crippen LogP contribution in [-0.4, -0.2) is 41.0 Å². The molecule has 2 amide bonds. The second-order valence-corrected chi connectivity index (χ2v) is 8.04. The minimum absolute atomic E-state index is 0.0596. The molecule has 1 N–H and O–H groups in total.